The molecule has 0 bridgehead atoms. The Bertz CT molecular complexity index is 784. The molecule has 0 saturated heterocycles. The molecule has 2 heterocycles. The van der Waals surface area contributed by atoms with Crippen molar-refractivity contribution in [2.45, 2.75) is 52.8 Å². The van der Waals surface area contributed by atoms with Gasteiger partial charge < -0.3 is 23.7 Å². The van der Waals surface area contributed by atoms with Gasteiger partial charge in [-0.3, -0.25) is 4.79 Å². The highest BCUT2D eigenvalue weighted by Gasteiger charge is 2.44. The highest BCUT2D eigenvalue weighted by atomic mass is 32.2. The van der Waals surface area contributed by atoms with Crippen molar-refractivity contribution in [2.24, 2.45) is 5.41 Å². The zero-order chi connectivity index (χ0) is 21.7. The lowest BCUT2D eigenvalue weighted by Gasteiger charge is -2.37. The fourth-order valence-corrected chi connectivity index (χ4v) is 3.88. The van der Waals surface area contributed by atoms with Gasteiger partial charge in [-0.15, -0.1) is 11.8 Å². The maximum atomic E-state index is 12.5. The first-order chi connectivity index (χ1) is 14.3. The summed E-state index contributed by atoms with van der Waals surface area (Å²) in [6.07, 6.45) is -2.00. The number of cyclic esters (lactones) is 1. The predicted molar refractivity (Wildman–Crippen MR) is 111 cm³/mol. The van der Waals surface area contributed by atoms with Crippen molar-refractivity contribution in [3.8, 4) is 0 Å². The van der Waals surface area contributed by atoms with Gasteiger partial charge in [-0.2, -0.15) is 0 Å². The molecule has 0 aromatic heterocycles. The summed E-state index contributed by atoms with van der Waals surface area (Å²) in [6, 6.07) is 9.65. The van der Waals surface area contributed by atoms with E-state index in [1.54, 1.807) is 20.8 Å². The number of ether oxygens (including phenoxy) is 5. The Morgan fingerprint density at radius 3 is 2.57 bits per heavy atom. The summed E-state index contributed by atoms with van der Waals surface area (Å²) in [6.45, 7) is 7.83. The van der Waals surface area contributed by atoms with Crippen LogP contribution in [-0.2, 0) is 39.9 Å². The molecule has 7 nitrogen and oxygen atoms in total. The van der Waals surface area contributed by atoms with E-state index in [9.17, 15) is 9.59 Å². The first kappa shape index (κ1) is 22.7. The summed E-state index contributed by atoms with van der Waals surface area (Å²) in [7, 11) is 0. The molecule has 1 aromatic rings. The maximum Gasteiger partial charge on any atom is 0.348 e. The Labute approximate surface area is 181 Å². The van der Waals surface area contributed by atoms with Gasteiger partial charge in [0.2, 0.25) is 6.29 Å². The molecule has 0 radical (unpaired) electrons. The molecule has 8 heteroatoms. The summed E-state index contributed by atoms with van der Waals surface area (Å²) >= 11 is 1.33. The molecular formula is C22H28O7S. The van der Waals surface area contributed by atoms with E-state index < -0.39 is 29.9 Å². The Morgan fingerprint density at radius 1 is 1.17 bits per heavy atom. The van der Waals surface area contributed by atoms with Crippen LogP contribution in [0.25, 0.3) is 0 Å². The minimum atomic E-state index is -0.813. The van der Waals surface area contributed by atoms with Crippen LogP contribution in [-0.4, -0.2) is 49.4 Å². The first-order valence-corrected chi connectivity index (χ1v) is 11.0. The number of benzene rings is 1. The monoisotopic (exact) mass is 436 g/mol. The number of thioether (sulfide) groups is 1. The number of hydrogen-bond acceptors (Lipinski definition) is 8. The number of esters is 2. The van der Waals surface area contributed by atoms with E-state index in [1.165, 1.54) is 11.8 Å². The molecule has 2 aliphatic heterocycles. The second-order valence-electron chi connectivity index (χ2n) is 8.02. The van der Waals surface area contributed by atoms with Crippen LogP contribution in [0.5, 0.6) is 0 Å². The third kappa shape index (κ3) is 5.56. The molecule has 0 amide bonds. The largest absolute Gasteiger partial charge is 0.464 e. The summed E-state index contributed by atoms with van der Waals surface area (Å²) < 4.78 is 28.7. The average molecular weight is 437 g/mol. The third-order valence-corrected chi connectivity index (χ3v) is 5.60. The third-order valence-electron chi connectivity index (χ3n) is 4.50. The lowest BCUT2D eigenvalue weighted by atomic mass is 9.97. The van der Waals surface area contributed by atoms with E-state index in [0.717, 1.165) is 5.56 Å². The van der Waals surface area contributed by atoms with Crippen LogP contribution in [0.15, 0.2) is 41.0 Å². The molecule has 1 unspecified atom stereocenters. The standard InChI is InChI=1S/C22H28O7S/c1-5-25-16-13-30-19-18(29-16)17(26-11-14-9-7-6-8-10-14)15(28-20(19)23)12-27-21(24)22(2,3)4/h6-10,15-17H,5,11-13H2,1-4H3/t15-,16?,17-/m1/s1. The molecule has 3 atom stereocenters. The summed E-state index contributed by atoms with van der Waals surface area (Å²) in [5.41, 5.74) is 0.299. The van der Waals surface area contributed by atoms with E-state index in [0.29, 0.717) is 23.0 Å². The van der Waals surface area contributed by atoms with Crippen LogP contribution in [0.1, 0.15) is 33.3 Å². The predicted octanol–water partition coefficient (Wildman–Crippen LogP) is 3.42. The van der Waals surface area contributed by atoms with Crippen LogP contribution in [0, 0.1) is 5.41 Å². The van der Waals surface area contributed by atoms with Crippen molar-refractivity contribution in [3.05, 3.63) is 46.6 Å². The normalized spacial score (nSPS) is 24.0. The molecule has 164 valence electrons. The zero-order valence-corrected chi connectivity index (χ0v) is 18.5. The molecule has 0 fully saturated rings. The van der Waals surface area contributed by atoms with Gasteiger partial charge in [-0.05, 0) is 33.3 Å². The maximum absolute atomic E-state index is 12.5. The molecular weight excluding hydrogens is 408 g/mol. The smallest absolute Gasteiger partial charge is 0.348 e. The van der Waals surface area contributed by atoms with Crippen LogP contribution in [0.2, 0.25) is 0 Å². The van der Waals surface area contributed by atoms with E-state index in [1.807, 2.05) is 37.3 Å². The lowest BCUT2D eigenvalue weighted by Crippen LogP contribution is -2.47. The number of rotatable bonds is 7. The van der Waals surface area contributed by atoms with Crippen LogP contribution >= 0.6 is 11.8 Å². The highest BCUT2D eigenvalue weighted by Crippen LogP contribution is 2.38. The SMILES string of the molecule is CCOC1CSC2=C(O1)[C@H](OCc1ccccc1)[C@@H](COC(=O)C(C)(C)C)OC2=O. The van der Waals surface area contributed by atoms with Crippen LogP contribution < -0.4 is 0 Å². The van der Waals surface area contributed by atoms with Gasteiger partial charge in [0.25, 0.3) is 0 Å². The van der Waals surface area contributed by atoms with Gasteiger partial charge in [-0.1, -0.05) is 30.3 Å². The molecule has 1 aromatic carbocycles. The van der Waals surface area contributed by atoms with Gasteiger partial charge >= 0.3 is 11.9 Å². The summed E-state index contributed by atoms with van der Waals surface area (Å²) in [5, 5.41) is 0. The second kappa shape index (κ2) is 9.85. The number of carbonyl (C=O) groups is 2. The summed E-state index contributed by atoms with van der Waals surface area (Å²) in [4.78, 5) is 25.1. The topological polar surface area (TPSA) is 80.3 Å². The van der Waals surface area contributed by atoms with Gasteiger partial charge in [0.15, 0.2) is 18.0 Å². The number of carbonyl (C=O) groups excluding carboxylic acids is 2. The number of hydrogen-bond donors (Lipinski definition) is 0. The fraction of sp³-hybridized carbons (Fsp3) is 0.545. The zero-order valence-electron chi connectivity index (χ0n) is 17.7. The first-order valence-electron chi connectivity index (χ1n) is 9.98. The quantitative estimate of drug-likeness (QED) is 0.602. The lowest BCUT2D eigenvalue weighted by molar-refractivity contribution is -0.182. The van der Waals surface area contributed by atoms with E-state index in [-0.39, 0.29) is 19.2 Å². The fourth-order valence-electron chi connectivity index (χ4n) is 2.94. The Hall–Kier alpha value is -2.03. The molecule has 3 rings (SSSR count). The van der Waals surface area contributed by atoms with Gasteiger partial charge in [0.05, 0.1) is 17.8 Å². The van der Waals surface area contributed by atoms with Crippen LogP contribution in [0.3, 0.4) is 0 Å². The van der Waals surface area contributed by atoms with Gasteiger partial charge in [0.1, 0.15) is 11.5 Å². The van der Waals surface area contributed by atoms with E-state index >= 15 is 0 Å². The van der Waals surface area contributed by atoms with Gasteiger partial charge in [0, 0.05) is 6.61 Å². The second-order valence-corrected chi connectivity index (χ2v) is 9.05. The van der Waals surface area contributed by atoms with Crippen molar-refractivity contribution in [1.82, 2.24) is 0 Å². The van der Waals surface area contributed by atoms with E-state index in [4.69, 9.17) is 23.7 Å². The molecule has 0 aliphatic carbocycles. The molecule has 0 saturated carbocycles. The Kier molecular flexibility index (Phi) is 7.44. The van der Waals surface area contributed by atoms with Crippen molar-refractivity contribution in [1.29, 1.82) is 0 Å². The minimum absolute atomic E-state index is 0.120. The molecule has 0 N–H and O–H groups in total. The summed E-state index contributed by atoms with van der Waals surface area (Å²) in [5.74, 6) is -0.0158. The van der Waals surface area contributed by atoms with Crippen molar-refractivity contribution in [3.63, 3.8) is 0 Å². The molecule has 2 aliphatic rings. The van der Waals surface area contributed by atoms with E-state index in [2.05, 4.69) is 0 Å². The molecule has 30 heavy (non-hydrogen) atoms. The average Bonchev–Trinajstić information content (AvgIpc) is 2.71. The van der Waals surface area contributed by atoms with Crippen molar-refractivity contribution in [2.75, 3.05) is 19.0 Å². The Morgan fingerprint density at radius 2 is 1.90 bits per heavy atom. The van der Waals surface area contributed by atoms with Crippen LogP contribution in [0.4, 0.5) is 0 Å². The van der Waals surface area contributed by atoms with Crippen molar-refractivity contribution >= 4 is 23.7 Å². The highest BCUT2D eigenvalue weighted by molar-refractivity contribution is 8.04. The minimum Gasteiger partial charge on any atom is -0.464 e. The van der Waals surface area contributed by atoms with Gasteiger partial charge in [-0.25, -0.2) is 4.79 Å². The van der Waals surface area contributed by atoms with Crippen molar-refractivity contribution < 1.29 is 33.3 Å². The Balaban J connectivity index is 1.80. The molecule has 0 spiro atoms.